The molecule has 3 aromatic rings. The molecule has 3 unspecified atom stereocenters. The first-order valence-electron chi connectivity index (χ1n) is 9.99. The predicted molar refractivity (Wildman–Crippen MR) is 106 cm³/mol. The predicted octanol–water partition coefficient (Wildman–Crippen LogP) is 2.81. The maximum absolute atomic E-state index is 13.8. The first kappa shape index (κ1) is 21.2. The molecule has 3 fully saturated rings. The molecule has 1 amide bonds. The topological polar surface area (TPSA) is 104 Å². The molecule has 3 atom stereocenters. The lowest BCUT2D eigenvalue weighted by molar-refractivity contribution is -0.291. The Morgan fingerprint density at radius 3 is 2.94 bits per heavy atom. The fourth-order valence-corrected chi connectivity index (χ4v) is 5.32. The highest BCUT2D eigenvalue weighted by Crippen LogP contribution is 2.49. The molecule has 1 aromatic carbocycles. The Morgan fingerprint density at radius 2 is 2.31 bits per heavy atom. The first-order valence-corrected chi connectivity index (χ1v) is 10.9. The number of carboxylic acid groups (broad SMARTS) is 1. The Kier molecular flexibility index (Phi) is 4.91. The molecule has 1 N–H and O–H groups in total. The molecule has 3 aliphatic rings. The van der Waals surface area contributed by atoms with Gasteiger partial charge < -0.3 is 29.3 Å². The number of piperidine rings is 1. The van der Waals surface area contributed by atoms with Crippen molar-refractivity contribution in [2.24, 2.45) is 0 Å². The summed E-state index contributed by atoms with van der Waals surface area (Å²) in [6.45, 7) is 2.01. The van der Waals surface area contributed by atoms with E-state index in [-0.39, 0.29) is 41.7 Å². The minimum atomic E-state index is -4.67. The van der Waals surface area contributed by atoms with E-state index in [2.05, 4.69) is 15.3 Å². The average molecular weight is 467 g/mol. The molecule has 2 bridgehead atoms. The van der Waals surface area contributed by atoms with E-state index in [1.807, 2.05) is 0 Å². The van der Waals surface area contributed by atoms with Crippen molar-refractivity contribution < 1.29 is 32.2 Å². The Balaban J connectivity index is 1.72. The highest BCUT2D eigenvalue weighted by molar-refractivity contribution is 7.13. The highest BCUT2D eigenvalue weighted by Gasteiger charge is 2.59. The zero-order valence-corrected chi connectivity index (χ0v) is 17.6. The summed E-state index contributed by atoms with van der Waals surface area (Å²) < 4.78 is 52.5. The van der Waals surface area contributed by atoms with Crippen molar-refractivity contribution in [3.8, 4) is 10.6 Å². The van der Waals surface area contributed by atoms with Gasteiger partial charge in [-0.05, 0) is 13.0 Å². The average Bonchev–Trinajstić information content (AvgIpc) is 3.41. The van der Waals surface area contributed by atoms with Crippen LogP contribution in [0.5, 0.6) is 0 Å². The first-order chi connectivity index (χ1) is 15.3. The molecule has 0 saturated carbocycles. The van der Waals surface area contributed by atoms with Crippen molar-refractivity contribution >= 4 is 28.5 Å². The summed E-state index contributed by atoms with van der Waals surface area (Å²) in [7, 11) is 0. The smallest absolute Gasteiger partial charge is 0.418 e. The van der Waals surface area contributed by atoms with E-state index in [0.717, 1.165) is 0 Å². The fraction of sp³-hybridized carbons (Fsp3) is 0.450. The van der Waals surface area contributed by atoms with Crippen LogP contribution in [-0.4, -0.2) is 52.9 Å². The maximum Gasteiger partial charge on any atom is 0.418 e. The van der Waals surface area contributed by atoms with E-state index in [0.29, 0.717) is 23.5 Å². The highest BCUT2D eigenvalue weighted by atomic mass is 32.1. The Hall–Kier alpha value is -2.70. The van der Waals surface area contributed by atoms with Crippen LogP contribution < -0.4 is 10.4 Å². The van der Waals surface area contributed by atoms with Gasteiger partial charge in [-0.15, -0.1) is 11.3 Å². The van der Waals surface area contributed by atoms with Crippen LogP contribution in [-0.2, 0) is 10.3 Å². The lowest BCUT2D eigenvalue weighted by atomic mass is 9.75. The van der Waals surface area contributed by atoms with Gasteiger partial charge in [0.15, 0.2) is 11.7 Å². The lowest BCUT2D eigenvalue weighted by Gasteiger charge is -2.61. The number of oxazole rings is 1. The molecule has 2 aromatic heterocycles. The molecule has 0 radical (unpaired) electrons. The maximum atomic E-state index is 13.8. The third-order valence-corrected chi connectivity index (χ3v) is 6.75. The minimum Gasteiger partial charge on any atom is -0.530 e. The largest absolute Gasteiger partial charge is 0.530 e. The number of fused-ring (bicyclic) bond motifs is 3. The van der Waals surface area contributed by atoms with Crippen LogP contribution in [0.15, 0.2) is 28.1 Å². The van der Waals surface area contributed by atoms with Gasteiger partial charge in [0, 0.05) is 49.3 Å². The normalized spacial score (nSPS) is 23.9. The second kappa shape index (κ2) is 7.42. The summed E-state index contributed by atoms with van der Waals surface area (Å²) in [5, 5.41) is 17.2. The minimum absolute atomic E-state index is 0.0230. The van der Waals surface area contributed by atoms with Gasteiger partial charge in [0.25, 0.3) is 0 Å². The number of aromatic nitrogens is 2. The zero-order valence-electron chi connectivity index (χ0n) is 16.8. The molecule has 0 spiro atoms. The van der Waals surface area contributed by atoms with Crippen molar-refractivity contribution in [1.29, 1.82) is 0 Å². The third-order valence-electron chi connectivity index (χ3n) is 5.94. The van der Waals surface area contributed by atoms with E-state index in [1.165, 1.54) is 35.3 Å². The molecular formula is C20H18F3N4O4S-. The fourth-order valence-electron chi connectivity index (χ4n) is 4.66. The van der Waals surface area contributed by atoms with Crippen LogP contribution in [0.2, 0.25) is 0 Å². The third kappa shape index (κ3) is 3.08. The Bertz CT molecular complexity index is 1160. The van der Waals surface area contributed by atoms with Crippen molar-refractivity contribution in [3.63, 3.8) is 0 Å². The van der Waals surface area contributed by atoms with E-state index in [1.54, 1.807) is 11.6 Å². The van der Waals surface area contributed by atoms with E-state index >= 15 is 0 Å². The molecule has 170 valence electrons. The number of ether oxygens (including phenoxy) is 1. The van der Waals surface area contributed by atoms with Crippen molar-refractivity contribution in [3.05, 3.63) is 35.2 Å². The van der Waals surface area contributed by atoms with Crippen LogP contribution in [0.3, 0.4) is 0 Å². The summed E-state index contributed by atoms with van der Waals surface area (Å²) in [4.78, 5) is 21.6. The number of nitrogens with one attached hydrogen (secondary N) is 1. The number of halogens is 3. The van der Waals surface area contributed by atoms with Gasteiger partial charge in [-0.2, -0.15) is 13.2 Å². The van der Waals surface area contributed by atoms with Crippen LogP contribution in [0.1, 0.15) is 30.9 Å². The molecule has 3 aliphatic heterocycles. The monoisotopic (exact) mass is 467 g/mol. The summed E-state index contributed by atoms with van der Waals surface area (Å²) in [6.07, 6.45) is -6.22. The number of piperazine rings is 1. The molecular weight excluding hydrogens is 449 g/mol. The number of thiazole rings is 1. The number of amides is 1. The second-order valence-electron chi connectivity index (χ2n) is 7.77. The van der Waals surface area contributed by atoms with Crippen molar-refractivity contribution in [1.82, 2.24) is 20.2 Å². The van der Waals surface area contributed by atoms with Crippen LogP contribution in [0.25, 0.3) is 21.7 Å². The second-order valence-corrected chi connectivity index (χ2v) is 8.66. The summed E-state index contributed by atoms with van der Waals surface area (Å²) in [5.41, 5.74) is -0.753. The van der Waals surface area contributed by atoms with E-state index in [9.17, 15) is 23.1 Å². The van der Waals surface area contributed by atoms with Gasteiger partial charge in [-0.1, -0.05) is 6.07 Å². The molecule has 3 saturated heterocycles. The van der Waals surface area contributed by atoms with Gasteiger partial charge >= 0.3 is 6.18 Å². The quantitative estimate of drug-likeness (QED) is 0.615. The summed E-state index contributed by atoms with van der Waals surface area (Å²) in [5.74, 6) is 0.0304. The molecule has 8 nitrogen and oxygen atoms in total. The standard InChI is InChI=1S/C20H19F3N4O4S/c1-2-30-15(20(21,22)23)11-3-4-12(16-25-5-6-32-16)14-13(11)26-17(31-14)19-7-10(8-24-9-19)27(19)18(28)29/h3-6,10,15,24H,2,7-9H2,1H3,(H,28,29)/p-1. The molecule has 6 rings (SSSR count). The summed E-state index contributed by atoms with van der Waals surface area (Å²) in [6, 6.07) is 2.52. The molecule has 12 heteroatoms. The number of rotatable bonds is 5. The number of carbonyl (C=O) groups excluding carboxylic acids is 1. The van der Waals surface area contributed by atoms with E-state index < -0.39 is 23.9 Å². The number of hydrogen-bond acceptors (Lipinski definition) is 8. The zero-order chi connectivity index (χ0) is 22.7. The summed E-state index contributed by atoms with van der Waals surface area (Å²) >= 11 is 1.30. The lowest BCUT2D eigenvalue weighted by Crippen LogP contribution is -2.77. The number of alkyl halides is 3. The van der Waals surface area contributed by atoms with Crippen LogP contribution in [0, 0.1) is 0 Å². The van der Waals surface area contributed by atoms with Crippen LogP contribution >= 0.6 is 11.3 Å². The van der Waals surface area contributed by atoms with Crippen LogP contribution in [0.4, 0.5) is 18.0 Å². The SMILES string of the molecule is CCOC(c1ccc(-c2nccs2)c2oc(C34CNCC(C3)N4C(=O)[O-])nc12)C(F)(F)F. The van der Waals surface area contributed by atoms with Gasteiger partial charge in [-0.25, -0.2) is 9.97 Å². The number of carbonyl (C=O) groups is 1. The van der Waals surface area contributed by atoms with Crippen molar-refractivity contribution in [2.45, 2.75) is 37.2 Å². The van der Waals surface area contributed by atoms with Gasteiger partial charge in [-0.3, -0.25) is 0 Å². The number of hydrogen-bond donors (Lipinski definition) is 1. The molecule has 0 aliphatic carbocycles. The van der Waals surface area contributed by atoms with Gasteiger partial charge in [0.05, 0.1) is 5.56 Å². The number of nitrogens with zero attached hydrogens (tertiary/aromatic N) is 3. The Morgan fingerprint density at radius 1 is 1.50 bits per heavy atom. The number of benzene rings is 1. The van der Waals surface area contributed by atoms with E-state index in [4.69, 9.17) is 9.15 Å². The van der Waals surface area contributed by atoms with Crippen molar-refractivity contribution in [2.75, 3.05) is 19.7 Å². The molecule has 5 heterocycles. The molecule has 32 heavy (non-hydrogen) atoms. The Labute approximate surface area is 184 Å². The van der Waals surface area contributed by atoms with Gasteiger partial charge in [0.1, 0.15) is 22.2 Å². The van der Waals surface area contributed by atoms with Gasteiger partial charge in [0.2, 0.25) is 5.89 Å².